The zero-order chi connectivity index (χ0) is 22.9. The lowest BCUT2D eigenvalue weighted by Gasteiger charge is -2.40. The fraction of sp³-hybridized carbons (Fsp3) is 0.280. The van der Waals surface area contributed by atoms with Crippen molar-refractivity contribution >= 4 is 11.9 Å². The number of fused-ring (bicyclic) bond motifs is 1. The summed E-state index contributed by atoms with van der Waals surface area (Å²) in [6, 6.07) is 9.29. The number of imidazole rings is 1. The molecule has 3 aromatic rings. The van der Waals surface area contributed by atoms with Crippen LogP contribution in [-0.2, 0) is 4.84 Å². The number of aryl methyl sites for hydroxylation is 1. The topological polar surface area (TPSA) is 51.9 Å². The minimum atomic E-state index is -0.593. The van der Waals surface area contributed by atoms with Gasteiger partial charge in [0.05, 0.1) is 30.9 Å². The van der Waals surface area contributed by atoms with Crippen molar-refractivity contribution in [1.82, 2.24) is 14.5 Å². The fourth-order valence-electron chi connectivity index (χ4n) is 4.43. The smallest absolute Gasteiger partial charge is 0.172 e. The largest absolute Gasteiger partial charge is 0.495 e. The minimum Gasteiger partial charge on any atom is -0.495 e. The number of oxime groups is 1. The molecule has 1 atom stereocenters. The minimum absolute atomic E-state index is 0.214. The Balaban J connectivity index is 1.46. The normalized spacial score (nSPS) is 19.2. The lowest BCUT2D eigenvalue weighted by Crippen LogP contribution is -2.44. The molecule has 0 aliphatic carbocycles. The third-order valence-corrected chi connectivity index (χ3v) is 6.02. The van der Waals surface area contributed by atoms with E-state index in [1.54, 1.807) is 13.4 Å². The van der Waals surface area contributed by atoms with Crippen LogP contribution in [0, 0.1) is 18.6 Å². The third kappa shape index (κ3) is 4.08. The quantitative estimate of drug-likeness (QED) is 0.559. The van der Waals surface area contributed by atoms with E-state index in [2.05, 4.69) is 21.1 Å². The lowest BCUT2D eigenvalue weighted by atomic mass is 9.95. The molecule has 8 heteroatoms. The van der Waals surface area contributed by atoms with Crippen LogP contribution < -0.4 is 4.74 Å². The second-order valence-electron chi connectivity index (χ2n) is 8.21. The molecule has 6 nitrogen and oxygen atoms in total. The second-order valence-corrected chi connectivity index (χ2v) is 8.21. The molecular formula is C25H24F2N4O2. The van der Waals surface area contributed by atoms with Crippen molar-refractivity contribution in [1.29, 1.82) is 0 Å². The van der Waals surface area contributed by atoms with E-state index in [1.165, 1.54) is 12.1 Å². The summed E-state index contributed by atoms with van der Waals surface area (Å²) < 4.78 is 35.5. The van der Waals surface area contributed by atoms with Crippen molar-refractivity contribution in [3.8, 4) is 11.4 Å². The van der Waals surface area contributed by atoms with Gasteiger partial charge in [-0.3, -0.25) is 0 Å². The average molecular weight is 450 g/mol. The van der Waals surface area contributed by atoms with Gasteiger partial charge in [-0.05, 0) is 55.2 Å². The first-order chi connectivity index (χ1) is 16.0. The Morgan fingerprint density at radius 2 is 2.06 bits per heavy atom. The molecule has 33 heavy (non-hydrogen) atoms. The Hall–Kier alpha value is -3.68. The number of piperidine rings is 1. The number of amidine groups is 1. The van der Waals surface area contributed by atoms with Gasteiger partial charge < -0.3 is 19.0 Å². The van der Waals surface area contributed by atoms with E-state index in [9.17, 15) is 8.78 Å². The molecule has 1 unspecified atom stereocenters. The molecule has 2 aromatic carbocycles. The van der Waals surface area contributed by atoms with Gasteiger partial charge in [0.25, 0.3) is 0 Å². The van der Waals surface area contributed by atoms with Gasteiger partial charge in [0.2, 0.25) is 0 Å². The molecule has 170 valence electrons. The van der Waals surface area contributed by atoms with Crippen molar-refractivity contribution in [3.05, 3.63) is 83.0 Å². The molecule has 0 saturated carbocycles. The molecule has 1 aromatic heterocycles. The number of rotatable bonds is 4. The van der Waals surface area contributed by atoms with Gasteiger partial charge in [0.1, 0.15) is 24.0 Å². The number of benzene rings is 2. The fourth-order valence-corrected chi connectivity index (χ4v) is 4.43. The average Bonchev–Trinajstić information content (AvgIpc) is 3.25. The first kappa shape index (κ1) is 21.2. The molecule has 0 spiro atoms. The van der Waals surface area contributed by atoms with Crippen LogP contribution in [-0.4, -0.2) is 40.5 Å². The van der Waals surface area contributed by atoms with E-state index < -0.39 is 11.6 Å². The molecule has 2 aliphatic heterocycles. The van der Waals surface area contributed by atoms with E-state index in [-0.39, 0.29) is 12.6 Å². The summed E-state index contributed by atoms with van der Waals surface area (Å²) in [7, 11) is 1.64. The Morgan fingerprint density at radius 1 is 1.18 bits per heavy atom. The Bertz CT molecular complexity index is 1250. The first-order valence-electron chi connectivity index (χ1n) is 10.8. The highest BCUT2D eigenvalue weighted by Crippen LogP contribution is 2.34. The molecule has 0 amide bonds. The summed E-state index contributed by atoms with van der Waals surface area (Å²) in [6.07, 6.45) is 7.48. The summed E-state index contributed by atoms with van der Waals surface area (Å²) >= 11 is 0. The highest BCUT2D eigenvalue weighted by atomic mass is 19.1. The van der Waals surface area contributed by atoms with Crippen LogP contribution in [0.3, 0.4) is 0 Å². The summed E-state index contributed by atoms with van der Waals surface area (Å²) in [5.74, 6) is 0.248. The van der Waals surface area contributed by atoms with E-state index in [1.807, 2.05) is 35.9 Å². The van der Waals surface area contributed by atoms with Crippen LogP contribution in [0.5, 0.6) is 5.75 Å². The monoisotopic (exact) mass is 450 g/mol. The Kier molecular flexibility index (Phi) is 5.58. The summed E-state index contributed by atoms with van der Waals surface area (Å²) in [4.78, 5) is 11.8. The summed E-state index contributed by atoms with van der Waals surface area (Å²) in [6.45, 7) is 2.88. The van der Waals surface area contributed by atoms with Crippen LogP contribution in [0.2, 0.25) is 0 Å². The maximum absolute atomic E-state index is 14.5. The van der Waals surface area contributed by atoms with Gasteiger partial charge in [-0.25, -0.2) is 13.8 Å². The number of hydrogen-bond acceptors (Lipinski definition) is 5. The molecular weight excluding hydrogens is 426 g/mol. The second kappa shape index (κ2) is 8.69. The molecule has 0 bridgehead atoms. The van der Waals surface area contributed by atoms with Crippen molar-refractivity contribution in [3.63, 3.8) is 0 Å². The van der Waals surface area contributed by atoms with Crippen LogP contribution in [0.15, 0.2) is 59.7 Å². The van der Waals surface area contributed by atoms with E-state index in [0.29, 0.717) is 11.4 Å². The number of methoxy groups -OCH3 is 1. The van der Waals surface area contributed by atoms with Crippen molar-refractivity contribution < 1.29 is 18.4 Å². The maximum atomic E-state index is 14.5. The van der Waals surface area contributed by atoms with Crippen molar-refractivity contribution in [2.24, 2.45) is 5.16 Å². The number of halogens is 2. The van der Waals surface area contributed by atoms with Crippen LogP contribution in [0.4, 0.5) is 8.78 Å². The number of hydrogen-bond donors (Lipinski definition) is 0. The van der Waals surface area contributed by atoms with E-state index in [0.717, 1.165) is 53.7 Å². The van der Waals surface area contributed by atoms with Gasteiger partial charge in [0, 0.05) is 24.4 Å². The molecule has 2 aliphatic rings. The molecule has 0 radical (unpaired) electrons. The molecule has 0 N–H and O–H groups in total. The highest BCUT2D eigenvalue weighted by Gasteiger charge is 2.34. The van der Waals surface area contributed by atoms with Crippen molar-refractivity contribution in [2.45, 2.75) is 25.8 Å². The van der Waals surface area contributed by atoms with Gasteiger partial charge in [0.15, 0.2) is 5.84 Å². The third-order valence-electron chi connectivity index (χ3n) is 6.02. The Labute approximate surface area is 190 Å². The zero-order valence-electron chi connectivity index (χ0n) is 18.5. The molecule has 3 heterocycles. The van der Waals surface area contributed by atoms with Crippen LogP contribution in [0.25, 0.3) is 11.8 Å². The standard InChI is InChI=1S/C25H24F2N4O2/c1-16-13-30(15-28-16)22-8-5-17(11-24(22)32-2)10-18-4-3-9-31-23(14-33-29-25(18)31)20-7-6-19(26)12-21(20)27/h5-8,10-13,15,23H,3-4,9,14H2,1-2H3/b18-10+. The number of ether oxygens (including phenoxy) is 1. The number of aromatic nitrogens is 2. The van der Waals surface area contributed by atoms with Gasteiger partial charge in [-0.2, -0.15) is 0 Å². The SMILES string of the molecule is COc1cc(/C=C2\CCCN3C2=NOCC3c2ccc(F)cc2F)ccc1-n1cnc(C)c1. The van der Waals surface area contributed by atoms with Crippen LogP contribution in [0.1, 0.15) is 35.7 Å². The van der Waals surface area contributed by atoms with Gasteiger partial charge >= 0.3 is 0 Å². The molecule has 1 saturated heterocycles. The van der Waals surface area contributed by atoms with Gasteiger partial charge in [-0.1, -0.05) is 17.3 Å². The molecule has 1 fully saturated rings. The van der Waals surface area contributed by atoms with E-state index >= 15 is 0 Å². The maximum Gasteiger partial charge on any atom is 0.172 e. The zero-order valence-corrected chi connectivity index (χ0v) is 18.5. The molecule has 5 rings (SSSR count). The van der Waals surface area contributed by atoms with Crippen molar-refractivity contribution in [2.75, 3.05) is 20.3 Å². The summed E-state index contributed by atoms with van der Waals surface area (Å²) in [5.41, 5.74) is 4.19. The number of nitrogens with zero attached hydrogens (tertiary/aromatic N) is 4. The van der Waals surface area contributed by atoms with Gasteiger partial charge in [-0.15, -0.1) is 0 Å². The Morgan fingerprint density at radius 3 is 2.82 bits per heavy atom. The first-order valence-corrected chi connectivity index (χ1v) is 10.8. The highest BCUT2D eigenvalue weighted by molar-refractivity contribution is 6.03. The van der Waals surface area contributed by atoms with E-state index in [4.69, 9.17) is 9.57 Å². The van der Waals surface area contributed by atoms with Crippen LogP contribution >= 0.6 is 0 Å². The summed E-state index contributed by atoms with van der Waals surface area (Å²) in [5, 5.41) is 4.30. The lowest BCUT2D eigenvalue weighted by molar-refractivity contribution is 0.0561. The predicted octanol–water partition coefficient (Wildman–Crippen LogP) is 5.03. The predicted molar refractivity (Wildman–Crippen MR) is 121 cm³/mol.